The summed E-state index contributed by atoms with van der Waals surface area (Å²) in [6.07, 6.45) is 4.38. The second kappa shape index (κ2) is 5.96. The lowest BCUT2D eigenvalue weighted by molar-refractivity contribution is -0.119. The zero-order valence-electron chi connectivity index (χ0n) is 13.2. The minimum atomic E-state index is -0.118. The first kappa shape index (κ1) is 14.7. The van der Waals surface area contributed by atoms with Gasteiger partial charge in [-0.2, -0.15) is 5.10 Å². The number of piperidine rings is 1. The van der Waals surface area contributed by atoms with Gasteiger partial charge in [0.15, 0.2) is 0 Å². The highest BCUT2D eigenvalue weighted by molar-refractivity contribution is 5.76. The Morgan fingerprint density at radius 1 is 1.17 bits per heavy atom. The standard InChI is InChI=1S/C18H18N4O2/c23-12-21-8-6-14(7-9-21)16-10-17(24)20-18-15(11-19-22(16)18)13-4-2-1-3-5-13/h1-5,10-12,14H,6-9H2,(H,20,24). The van der Waals surface area contributed by atoms with Crippen LogP contribution in [0.5, 0.6) is 0 Å². The van der Waals surface area contributed by atoms with Crippen molar-refractivity contribution in [3.8, 4) is 11.1 Å². The van der Waals surface area contributed by atoms with E-state index >= 15 is 0 Å². The number of H-pyrrole nitrogens is 1. The molecule has 122 valence electrons. The molecular weight excluding hydrogens is 304 g/mol. The van der Waals surface area contributed by atoms with Gasteiger partial charge in [0.1, 0.15) is 5.65 Å². The van der Waals surface area contributed by atoms with Crippen LogP contribution in [-0.4, -0.2) is 39.0 Å². The Balaban J connectivity index is 1.79. The van der Waals surface area contributed by atoms with E-state index in [2.05, 4.69) is 10.1 Å². The SMILES string of the molecule is O=CN1CCC(c2cc(=O)[nH]c3c(-c4ccccc4)cnn23)CC1. The van der Waals surface area contributed by atoms with Crippen molar-refractivity contribution in [1.82, 2.24) is 19.5 Å². The van der Waals surface area contributed by atoms with Crippen molar-refractivity contribution in [2.75, 3.05) is 13.1 Å². The first-order chi connectivity index (χ1) is 11.8. The van der Waals surface area contributed by atoms with Gasteiger partial charge in [-0.1, -0.05) is 30.3 Å². The monoisotopic (exact) mass is 322 g/mol. The molecule has 4 rings (SSSR count). The maximum absolute atomic E-state index is 12.2. The maximum atomic E-state index is 12.2. The Hall–Kier alpha value is -2.89. The van der Waals surface area contributed by atoms with Gasteiger partial charge in [-0.05, 0) is 18.4 Å². The number of aromatic nitrogens is 3. The number of fused-ring (bicyclic) bond motifs is 1. The molecule has 0 atom stereocenters. The smallest absolute Gasteiger partial charge is 0.251 e. The lowest BCUT2D eigenvalue weighted by atomic mass is 9.93. The van der Waals surface area contributed by atoms with E-state index in [0.29, 0.717) is 0 Å². The van der Waals surface area contributed by atoms with Gasteiger partial charge in [0, 0.05) is 30.6 Å². The number of nitrogens with one attached hydrogen (secondary N) is 1. The summed E-state index contributed by atoms with van der Waals surface area (Å²) in [5, 5.41) is 4.51. The number of aromatic amines is 1. The third kappa shape index (κ3) is 2.50. The van der Waals surface area contributed by atoms with Crippen LogP contribution in [0, 0.1) is 0 Å². The average molecular weight is 322 g/mol. The summed E-state index contributed by atoms with van der Waals surface area (Å²) in [6.45, 7) is 1.44. The van der Waals surface area contributed by atoms with E-state index in [1.165, 1.54) is 0 Å². The molecule has 0 bridgehead atoms. The van der Waals surface area contributed by atoms with Crippen molar-refractivity contribution in [3.63, 3.8) is 0 Å². The topological polar surface area (TPSA) is 70.5 Å². The molecule has 0 aliphatic carbocycles. The Kier molecular flexibility index (Phi) is 3.65. The summed E-state index contributed by atoms with van der Waals surface area (Å²) in [7, 11) is 0. The number of nitrogens with zero attached hydrogens (tertiary/aromatic N) is 3. The number of amides is 1. The summed E-state index contributed by atoms with van der Waals surface area (Å²) >= 11 is 0. The van der Waals surface area contributed by atoms with Gasteiger partial charge < -0.3 is 9.88 Å². The molecule has 3 aromatic rings. The van der Waals surface area contributed by atoms with Crippen LogP contribution < -0.4 is 5.56 Å². The first-order valence-corrected chi connectivity index (χ1v) is 8.12. The predicted octanol–water partition coefficient (Wildman–Crippen LogP) is 2.03. The highest BCUT2D eigenvalue weighted by Gasteiger charge is 2.23. The molecule has 6 heteroatoms. The van der Waals surface area contributed by atoms with E-state index in [1.54, 1.807) is 17.2 Å². The largest absolute Gasteiger partial charge is 0.345 e. The van der Waals surface area contributed by atoms with Crippen molar-refractivity contribution in [2.24, 2.45) is 0 Å². The fraction of sp³-hybridized carbons (Fsp3) is 0.278. The maximum Gasteiger partial charge on any atom is 0.251 e. The molecule has 1 fully saturated rings. The van der Waals surface area contributed by atoms with E-state index in [0.717, 1.165) is 54.8 Å². The molecule has 1 aromatic carbocycles. The molecule has 0 radical (unpaired) electrons. The van der Waals surface area contributed by atoms with Gasteiger partial charge in [0.2, 0.25) is 6.41 Å². The number of hydrogen-bond acceptors (Lipinski definition) is 3. The molecule has 1 N–H and O–H groups in total. The normalized spacial score (nSPS) is 15.8. The van der Waals surface area contributed by atoms with Gasteiger partial charge in [-0.25, -0.2) is 4.52 Å². The molecule has 6 nitrogen and oxygen atoms in total. The van der Waals surface area contributed by atoms with E-state index < -0.39 is 0 Å². The lowest BCUT2D eigenvalue weighted by Gasteiger charge is -2.29. The van der Waals surface area contributed by atoms with Crippen molar-refractivity contribution in [2.45, 2.75) is 18.8 Å². The Morgan fingerprint density at radius 2 is 1.92 bits per heavy atom. The molecule has 1 saturated heterocycles. The molecule has 1 aliphatic rings. The number of likely N-dealkylation sites (tertiary alicyclic amines) is 1. The summed E-state index contributed by atoms with van der Waals surface area (Å²) in [6, 6.07) is 11.5. The summed E-state index contributed by atoms with van der Waals surface area (Å²) in [5.41, 5.74) is 3.46. The number of carbonyl (C=O) groups excluding carboxylic acids is 1. The van der Waals surface area contributed by atoms with Crippen LogP contribution in [0.2, 0.25) is 0 Å². The van der Waals surface area contributed by atoms with Gasteiger partial charge in [0.05, 0.1) is 11.9 Å². The molecular formula is C18H18N4O2. The average Bonchev–Trinajstić information content (AvgIpc) is 3.05. The predicted molar refractivity (Wildman–Crippen MR) is 90.9 cm³/mol. The van der Waals surface area contributed by atoms with Crippen LogP contribution in [0.25, 0.3) is 16.8 Å². The molecule has 0 saturated carbocycles. The van der Waals surface area contributed by atoms with Crippen LogP contribution in [0.1, 0.15) is 24.5 Å². The van der Waals surface area contributed by atoms with Crippen molar-refractivity contribution < 1.29 is 4.79 Å². The zero-order valence-corrected chi connectivity index (χ0v) is 13.2. The minimum absolute atomic E-state index is 0.118. The van der Waals surface area contributed by atoms with Crippen LogP contribution >= 0.6 is 0 Å². The Morgan fingerprint density at radius 3 is 2.62 bits per heavy atom. The van der Waals surface area contributed by atoms with E-state index in [9.17, 15) is 9.59 Å². The fourth-order valence-corrected chi connectivity index (χ4v) is 3.43. The molecule has 1 amide bonds. The Labute approximate surface area is 138 Å². The molecule has 3 heterocycles. The summed E-state index contributed by atoms with van der Waals surface area (Å²) in [4.78, 5) is 27.8. The van der Waals surface area contributed by atoms with Gasteiger partial charge in [0.25, 0.3) is 5.56 Å². The van der Waals surface area contributed by atoms with Crippen LogP contribution in [0.15, 0.2) is 47.4 Å². The van der Waals surface area contributed by atoms with Crippen LogP contribution in [0.4, 0.5) is 0 Å². The number of rotatable bonds is 3. The second-order valence-corrected chi connectivity index (χ2v) is 6.16. The van der Waals surface area contributed by atoms with E-state index in [1.807, 2.05) is 34.8 Å². The number of benzene rings is 1. The molecule has 0 spiro atoms. The fourth-order valence-electron chi connectivity index (χ4n) is 3.43. The molecule has 0 unspecified atom stereocenters. The van der Waals surface area contributed by atoms with Gasteiger partial charge >= 0.3 is 0 Å². The quantitative estimate of drug-likeness (QED) is 0.750. The minimum Gasteiger partial charge on any atom is -0.345 e. The Bertz CT molecular complexity index is 921. The summed E-state index contributed by atoms with van der Waals surface area (Å²) in [5.74, 6) is 0.231. The van der Waals surface area contributed by atoms with Crippen LogP contribution in [-0.2, 0) is 4.79 Å². The number of hydrogen-bond donors (Lipinski definition) is 1. The lowest BCUT2D eigenvalue weighted by Crippen LogP contribution is -2.32. The van der Waals surface area contributed by atoms with Crippen molar-refractivity contribution >= 4 is 12.1 Å². The highest BCUT2D eigenvalue weighted by Crippen LogP contribution is 2.29. The summed E-state index contributed by atoms with van der Waals surface area (Å²) < 4.78 is 1.84. The van der Waals surface area contributed by atoms with Crippen molar-refractivity contribution in [3.05, 3.63) is 58.6 Å². The van der Waals surface area contributed by atoms with E-state index in [4.69, 9.17) is 0 Å². The molecule has 2 aromatic heterocycles. The van der Waals surface area contributed by atoms with Gasteiger partial charge in [-0.3, -0.25) is 9.59 Å². The van der Waals surface area contributed by atoms with E-state index in [-0.39, 0.29) is 11.5 Å². The number of carbonyl (C=O) groups is 1. The first-order valence-electron chi connectivity index (χ1n) is 8.12. The third-order valence-corrected chi connectivity index (χ3v) is 4.72. The zero-order chi connectivity index (χ0) is 16.5. The molecule has 1 aliphatic heterocycles. The third-order valence-electron chi connectivity index (χ3n) is 4.72. The second-order valence-electron chi connectivity index (χ2n) is 6.16. The van der Waals surface area contributed by atoms with Crippen LogP contribution in [0.3, 0.4) is 0 Å². The van der Waals surface area contributed by atoms with Gasteiger partial charge in [-0.15, -0.1) is 0 Å². The van der Waals surface area contributed by atoms with Crippen molar-refractivity contribution in [1.29, 1.82) is 0 Å². The highest BCUT2D eigenvalue weighted by atomic mass is 16.1. The molecule has 24 heavy (non-hydrogen) atoms.